The topological polar surface area (TPSA) is 70.1 Å². The molecule has 1 saturated heterocycles. The van der Waals surface area contributed by atoms with Gasteiger partial charge >= 0.3 is 0 Å². The van der Waals surface area contributed by atoms with Gasteiger partial charge in [-0.05, 0) is 87.6 Å². The van der Waals surface area contributed by atoms with E-state index in [-0.39, 0.29) is 16.9 Å². The third-order valence-corrected chi connectivity index (χ3v) is 6.13. The number of benzene rings is 3. The molecule has 1 fully saturated rings. The normalized spacial score (nSPS) is 17.1. The molecule has 0 radical (unpaired) electrons. The van der Waals surface area contributed by atoms with Crippen LogP contribution in [0.2, 0.25) is 0 Å². The maximum Gasteiger partial charge on any atom is 0.295 e. The Bertz CT molecular complexity index is 1300. The summed E-state index contributed by atoms with van der Waals surface area (Å²) < 4.78 is 19.8. The molecule has 1 amide bonds. The van der Waals surface area contributed by atoms with Crippen molar-refractivity contribution < 1.29 is 23.8 Å². The number of ketones is 1. The number of aryl methyl sites for hydroxylation is 1. The van der Waals surface area contributed by atoms with E-state index in [1.807, 2.05) is 49.3 Å². The van der Waals surface area contributed by atoms with E-state index < -0.39 is 23.5 Å². The number of para-hydroxylation sites is 1. The first-order valence-electron chi connectivity index (χ1n) is 11.8. The van der Waals surface area contributed by atoms with Gasteiger partial charge in [-0.1, -0.05) is 30.3 Å². The highest BCUT2D eigenvalue weighted by Crippen LogP contribution is 2.40. The van der Waals surface area contributed by atoms with Crippen molar-refractivity contribution in [2.75, 3.05) is 27.2 Å². The zero-order valence-electron chi connectivity index (χ0n) is 20.6. The van der Waals surface area contributed by atoms with Gasteiger partial charge in [-0.15, -0.1) is 0 Å². The van der Waals surface area contributed by atoms with Crippen molar-refractivity contribution >= 4 is 17.4 Å². The van der Waals surface area contributed by atoms with E-state index in [2.05, 4.69) is 0 Å². The minimum atomic E-state index is -0.808. The molecule has 0 aliphatic carbocycles. The summed E-state index contributed by atoms with van der Waals surface area (Å²) in [5.74, 6) is -0.997. The highest BCUT2D eigenvalue weighted by atomic mass is 19.1. The fraction of sp³-hybridized carbons (Fsp3) is 0.241. The lowest BCUT2D eigenvalue weighted by Gasteiger charge is -2.26. The van der Waals surface area contributed by atoms with Crippen LogP contribution in [0.1, 0.15) is 29.2 Å². The van der Waals surface area contributed by atoms with Gasteiger partial charge < -0.3 is 19.6 Å². The van der Waals surface area contributed by atoms with Crippen LogP contribution in [0.3, 0.4) is 0 Å². The average molecular weight is 489 g/mol. The number of amides is 1. The summed E-state index contributed by atoms with van der Waals surface area (Å²) in [6, 6.07) is 19.7. The Morgan fingerprint density at radius 2 is 1.72 bits per heavy atom. The Balaban J connectivity index is 1.79. The van der Waals surface area contributed by atoms with Crippen LogP contribution in [0.25, 0.3) is 5.76 Å². The minimum absolute atomic E-state index is 0.0206. The summed E-state index contributed by atoms with van der Waals surface area (Å²) in [5, 5.41) is 11.2. The molecule has 0 spiro atoms. The molecule has 0 aromatic heterocycles. The number of hydrogen-bond acceptors (Lipinski definition) is 5. The summed E-state index contributed by atoms with van der Waals surface area (Å²) in [6.45, 7) is 2.63. The molecule has 1 atom stereocenters. The van der Waals surface area contributed by atoms with Gasteiger partial charge in [-0.2, -0.15) is 0 Å². The van der Waals surface area contributed by atoms with E-state index in [1.165, 1.54) is 23.1 Å². The first-order chi connectivity index (χ1) is 17.3. The SMILES string of the molecule is Cc1cc(/C(O)=C2/C(=O)C(=O)N(CCCN(C)C)C2c2cccc(Oc3ccccc3)c2)ccc1F. The number of nitrogens with zero attached hydrogens (tertiary/aromatic N) is 2. The molecule has 1 heterocycles. The van der Waals surface area contributed by atoms with E-state index in [4.69, 9.17) is 4.74 Å². The van der Waals surface area contributed by atoms with Crippen LogP contribution >= 0.6 is 0 Å². The molecular weight excluding hydrogens is 459 g/mol. The van der Waals surface area contributed by atoms with Crippen molar-refractivity contribution in [3.05, 3.63) is 101 Å². The molecule has 7 heteroatoms. The monoisotopic (exact) mass is 488 g/mol. The standard InChI is InChI=1S/C29H29FN2O4/c1-19-17-21(13-14-24(19)30)27(33)25-26(32(29(35)28(25)34)16-8-15-31(2)3)20-9-7-12-23(18-20)36-22-10-5-4-6-11-22/h4-7,9-14,17-18,26,33H,8,15-16H2,1-3H3/b27-25-. The maximum atomic E-state index is 13.9. The number of aliphatic hydroxyl groups is 1. The van der Waals surface area contributed by atoms with Gasteiger partial charge in [0.2, 0.25) is 0 Å². The number of aliphatic hydroxyl groups excluding tert-OH is 1. The van der Waals surface area contributed by atoms with Crippen molar-refractivity contribution in [1.29, 1.82) is 0 Å². The van der Waals surface area contributed by atoms with Gasteiger partial charge in [0.05, 0.1) is 11.6 Å². The summed E-state index contributed by atoms with van der Waals surface area (Å²) >= 11 is 0. The lowest BCUT2D eigenvalue weighted by atomic mass is 9.94. The fourth-order valence-electron chi connectivity index (χ4n) is 4.33. The van der Waals surface area contributed by atoms with E-state index in [1.54, 1.807) is 31.2 Å². The molecule has 6 nitrogen and oxygen atoms in total. The second-order valence-corrected chi connectivity index (χ2v) is 9.10. The number of carbonyl (C=O) groups is 2. The summed E-state index contributed by atoms with van der Waals surface area (Å²) in [5.41, 5.74) is 1.22. The zero-order valence-corrected chi connectivity index (χ0v) is 20.6. The Hall–Kier alpha value is -3.97. The average Bonchev–Trinajstić information content (AvgIpc) is 3.11. The predicted molar refractivity (Wildman–Crippen MR) is 136 cm³/mol. The fourth-order valence-corrected chi connectivity index (χ4v) is 4.33. The van der Waals surface area contributed by atoms with Crippen molar-refractivity contribution in [3.8, 4) is 11.5 Å². The van der Waals surface area contributed by atoms with Crippen LogP contribution < -0.4 is 4.74 Å². The van der Waals surface area contributed by atoms with E-state index >= 15 is 0 Å². The van der Waals surface area contributed by atoms with Crippen molar-refractivity contribution in [2.45, 2.75) is 19.4 Å². The molecular formula is C29H29FN2O4. The molecule has 1 aliphatic heterocycles. The molecule has 4 rings (SSSR count). The molecule has 1 unspecified atom stereocenters. The highest BCUT2D eigenvalue weighted by Gasteiger charge is 2.46. The van der Waals surface area contributed by atoms with Crippen LogP contribution in [0, 0.1) is 12.7 Å². The molecule has 36 heavy (non-hydrogen) atoms. The number of ether oxygens (including phenoxy) is 1. The van der Waals surface area contributed by atoms with E-state index in [0.717, 1.165) is 6.54 Å². The van der Waals surface area contributed by atoms with Gasteiger partial charge in [0, 0.05) is 12.1 Å². The molecule has 0 saturated carbocycles. The number of likely N-dealkylation sites (tertiary alicyclic amines) is 1. The quantitative estimate of drug-likeness (QED) is 0.265. The van der Waals surface area contributed by atoms with Crippen LogP contribution in [-0.4, -0.2) is 53.8 Å². The Morgan fingerprint density at radius 3 is 2.42 bits per heavy atom. The molecule has 1 aliphatic rings. The summed E-state index contributed by atoms with van der Waals surface area (Å²) in [4.78, 5) is 29.8. The number of hydrogen-bond donors (Lipinski definition) is 1. The van der Waals surface area contributed by atoms with Gasteiger partial charge in [-0.3, -0.25) is 9.59 Å². The Morgan fingerprint density at radius 1 is 1.00 bits per heavy atom. The molecule has 0 bridgehead atoms. The maximum absolute atomic E-state index is 13.9. The largest absolute Gasteiger partial charge is 0.507 e. The van der Waals surface area contributed by atoms with Crippen molar-refractivity contribution in [1.82, 2.24) is 9.80 Å². The van der Waals surface area contributed by atoms with Crippen LogP contribution in [-0.2, 0) is 9.59 Å². The second kappa shape index (κ2) is 10.7. The third-order valence-electron chi connectivity index (χ3n) is 6.13. The van der Waals surface area contributed by atoms with Crippen molar-refractivity contribution in [3.63, 3.8) is 0 Å². The Labute approximate surface area is 210 Å². The van der Waals surface area contributed by atoms with E-state index in [0.29, 0.717) is 35.6 Å². The molecule has 3 aromatic rings. The van der Waals surface area contributed by atoms with Gasteiger partial charge in [0.1, 0.15) is 23.1 Å². The van der Waals surface area contributed by atoms with E-state index in [9.17, 15) is 19.1 Å². The Kier molecular flexibility index (Phi) is 7.50. The molecule has 3 aromatic carbocycles. The minimum Gasteiger partial charge on any atom is -0.507 e. The summed E-state index contributed by atoms with van der Waals surface area (Å²) in [6.07, 6.45) is 0.645. The third kappa shape index (κ3) is 5.31. The lowest BCUT2D eigenvalue weighted by Crippen LogP contribution is -2.32. The number of Topliss-reactive ketones (excluding diaryl/α,β-unsaturated/α-hetero) is 1. The number of halogens is 1. The van der Waals surface area contributed by atoms with Gasteiger partial charge in [0.15, 0.2) is 0 Å². The smallest absolute Gasteiger partial charge is 0.295 e. The highest BCUT2D eigenvalue weighted by molar-refractivity contribution is 6.46. The van der Waals surface area contributed by atoms with Crippen LogP contribution in [0.15, 0.2) is 78.4 Å². The second-order valence-electron chi connectivity index (χ2n) is 9.10. The number of rotatable bonds is 8. The van der Waals surface area contributed by atoms with Gasteiger partial charge in [-0.25, -0.2) is 4.39 Å². The van der Waals surface area contributed by atoms with Crippen LogP contribution in [0.4, 0.5) is 4.39 Å². The summed E-state index contributed by atoms with van der Waals surface area (Å²) in [7, 11) is 3.87. The first kappa shape index (κ1) is 25.1. The van der Waals surface area contributed by atoms with Crippen molar-refractivity contribution in [2.24, 2.45) is 0 Å². The van der Waals surface area contributed by atoms with Crippen LogP contribution in [0.5, 0.6) is 11.5 Å². The molecule has 1 N–H and O–H groups in total. The molecule has 186 valence electrons. The first-order valence-corrected chi connectivity index (χ1v) is 11.8. The number of carbonyl (C=O) groups excluding carboxylic acids is 2. The zero-order chi connectivity index (χ0) is 25.8. The lowest BCUT2D eigenvalue weighted by molar-refractivity contribution is -0.139. The predicted octanol–water partition coefficient (Wildman–Crippen LogP) is 5.30. The van der Waals surface area contributed by atoms with Gasteiger partial charge in [0.25, 0.3) is 11.7 Å².